The summed E-state index contributed by atoms with van der Waals surface area (Å²) >= 11 is 6.49. The van der Waals surface area contributed by atoms with Crippen LogP contribution in [0.5, 0.6) is 0 Å². The first-order chi connectivity index (χ1) is 13.4. The fraction of sp³-hybridized carbons (Fsp3) is 0.550. The number of amides is 1. The number of carbonyl (C=O) groups is 1. The molecular weight excluding hydrogens is 384 g/mol. The van der Waals surface area contributed by atoms with Crippen LogP contribution in [-0.4, -0.2) is 67.2 Å². The van der Waals surface area contributed by atoms with Crippen LogP contribution in [0.2, 0.25) is 5.02 Å². The maximum Gasteiger partial charge on any atom is 0.282 e. The van der Waals surface area contributed by atoms with E-state index in [0.29, 0.717) is 43.1 Å². The van der Waals surface area contributed by atoms with Crippen LogP contribution in [0.4, 0.5) is 0 Å². The molecule has 0 saturated carbocycles. The monoisotopic (exact) mass is 410 g/mol. The van der Waals surface area contributed by atoms with Gasteiger partial charge >= 0.3 is 0 Å². The Morgan fingerprint density at radius 3 is 2.43 bits per heavy atom. The zero-order chi connectivity index (χ0) is 20.5. The van der Waals surface area contributed by atoms with E-state index >= 15 is 0 Å². The van der Waals surface area contributed by atoms with Gasteiger partial charge in [0.15, 0.2) is 0 Å². The zero-order valence-corrected chi connectivity index (χ0v) is 17.5. The van der Waals surface area contributed by atoms with Crippen LogP contribution in [0, 0.1) is 13.8 Å². The number of methoxy groups -OCH3 is 1. The third kappa shape index (κ3) is 3.53. The summed E-state index contributed by atoms with van der Waals surface area (Å²) < 4.78 is 5.05. The van der Waals surface area contributed by atoms with Crippen molar-refractivity contribution in [3.8, 4) is 0 Å². The van der Waals surface area contributed by atoms with E-state index in [2.05, 4.69) is 0 Å². The van der Waals surface area contributed by atoms with Crippen molar-refractivity contribution in [2.45, 2.75) is 32.2 Å². The highest BCUT2D eigenvalue weighted by atomic mass is 35.5. The summed E-state index contributed by atoms with van der Waals surface area (Å²) in [5, 5.41) is 14.8. The number of aliphatic hydroxyl groups excluding tert-OH is 1. The molecule has 1 fully saturated rings. The van der Waals surface area contributed by atoms with E-state index in [4.69, 9.17) is 26.0 Å². The number of ether oxygens (including phenoxy) is 1. The van der Waals surface area contributed by atoms with E-state index in [9.17, 15) is 9.90 Å². The molecule has 0 aliphatic carbocycles. The number of piperidine rings is 1. The molecule has 154 valence electrons. The molecular formula is C20H27ClN2O5. The SMILES string of the molecule is COCCON1C(=O)C(c2c(C)cc(C)cc2Cl)=C(O)C12CCN(OC)CC2. The summed E-state index contributed by atoms with van der Waals surface area (Å²) in [6, 6.07) is 3.75. The number of hydrogen-bond donors (Lipinski definition) is 1. The van der Waals surface area contributed by atoms with Gasteiger partial charge < -0.3 is 14.7 Å². The first kappa shape index (κ1) is 21.1. The molecule has 0 radical (unpaired) electrons. The molecule has 0 unspecified atom stereocenters. The summed E-state index contributed by atoms with van der Waals surface area (Å²) in [4.78, 5) is 24.5. The number of aryl methyl sites for hydroxylation is 2. The van der Waals surface area contributed by atoms with Gasteiger partial charge in [-0.2, -0.15) is 5.06 Å². The average Bonchev–Trinajstić information content (AvgIpc) is 2.84. The molecule has 0 bridgehead atoms. The van der Waals surface area contributed by atoms with Gasteiger partial charge in [-0.25, -0.2) is 5.06 Å². The molecule has 2 aliphatic heterocycles. The maximum absolute atomic E-state index is 13.4. The second-order valence-electron chi connectivity index (χ2n) is 7.23. The predicted molar refractivity (Wildman–Crippen MR) is 106 cm³/mol. The molecule has 2 aliphatic rings. The lowest BCUT2D eigenvalue weighted by Gasteiger charge is -2.42. The third-order valence-corrected chi connectivity index (χ3v) is 5.76. The Bertz CT molecular complexity index is 764. The number of aliphatic hydroxyl groups is 1. The Kier molecular flexibility index (Phi) is 6.31. The van der Waals surface area contributed by atoms with Crippen LogP contribution in [0.25, 0.3) is 5.57 Å². The van der Waals surface area contributed by atoms with Gasteiger partial charge in [-0.15, -0.1) is 0 Å². The average molecular weight is 411 g/mol. The van der Waals surface area contributed by atoms with E-state index in [0.717, 1.165) is 11.1 Å². The number of nitrogens with zero attached hydrogens (tertiary/aromatic N) is 2. The molecule has 1 aromatic carbocycles. The molecule has 0 atom stereocenters. The standard InChI is InChI=1S/C20H27ClN2O5/c1-13-11-14(2)16(15(21)12-13)17-18(24)20(5-7-22(27-4)8-6-20)23(19(17)25)28-10-9-26-3/h11-12,24H,5-10H2,1-4H3. The van der Waals surface area contributed by atoms with Crippen molar-refractivity contribution in [3.05, 3.63) is 39.6 Å². The number of carbonyl (C=O) groups excluding carboxylic acids is 1. The Hall–Kier alpha value is -1.64. The second-order valence-corrected chi connectivity index (χ2v) is 7.64. The Labute approximate surface area is 170 Å². The minimum absolute atomic E-state index is 0.0134. The van der Waals surface area contributed by atoms with Gasteiger partial charge in [0.2, 0.25) is 0 Å². The van der Waals surface area contributed by atoms with E-state index in [1.165, 1.54) is 5.06 Å². The summed E-state index contributed by atoms with van der Waals surface area (Å²) in [7, 11) is 3.18. The summed E-state index contributed by atoms with van der Waals surface area (Å²) in [5.74, 6) is -0.368. The molecule has 8 heteroatoms. The fourth-order valence-electron chi connectivity index (χ4n) is 4.06. The smallest absolute Gasteiger partial charge is 0.282 e. The first-order valence-electron chi connectivity index (χ1n) is 9.32. The molecule has 3 rings (SSSR count). The zero-order valence-electron chi connectivity index (χ0n) is 16.7. The largest absolute Gasteiger partial charge is 0.509 e. The van der Waals surface area contributed by atoms with Crippen molar-refractivity contribution in [2.24, 2.45) is 0 Å². The molecule has 0 aromatic heterocycles. The van der Waals surface area contributed by atoms with Crippen molar-refractivity contribution in [1.82, 2.24) is 10.1 Å². The molecule has 28 heavy (non-hydrogen) atoms. The first-order valence-corrected chi connectivity index (χ1v) is 9.70. The van der Waals surface area contributed by atoms with Gasteiger partial charge in [0, 0.05) is 30.8 Å². The number of halogens is 1. The van der Waals surface area contributed by atoms with Crippen LogP contribution in [0.3, 0.4) is 0 Å². The lowest BCUT2D eigenvalue weighted by atomic mass is 9.85. The lowest BCUT2D eigenvalue weighted by Crippen LogP contribution is -2.55. The van der Waals surface area contributed by atoms with Gasteiger partial charge in [-0.05, 0) is 43.9 Å². The number of rotatable bonds is 6. The van der Waals surface area contributed by atoms with Crippen molar-refractivity contribution in [3.63, 3.8) is 0 Å². The predicted octanol–water partition coefficient (Wildman–Crippen LogP) is 3.04. The Balaban J connectivity index is 2.06. The fourth-order valence-corrected chi connectivity index (χ4v) is 4.47. The normalized spacial score (nSPS) is 19.9. The summed E-state index contributed by atoms with van der Waals surface area (Å²) in [6.07, 6.45) is 0.967. The molecule has 1 amide bonds. The van der Waals surface area contributed by atoms with Crippen LogP contribution in [0.1, 0.15) is 29.5 Å². The van der Waals surface area contributed by atoms with Crippen LogP contribution in [-0.2, 0) is 19.2 Å². The topological polar surface area (TPSA) is 71.5 Å². The molecule has 1 spiro atoms. The lowest BCUT2D eigenvalue weighted by molar-refractivity contribution is -0.235. The van der Waals surface area contributed by atoms with Crippen molar-refractivity contribution in [2.75, 3.05) is 40.5 Å². The second kappa shape index (κ2) is 8.39. The van der Waals surface area contributed by atoms with E-state index in [-0.39, 0.29) is 23.8 Å². The molecule has 7 nitrogen and oxygen atoms in total. The Morgan fingerprint density at radius 1 is 1.18 bits per heavy atom. The minimum atomic E-state index is -0.935. The highest BCUT2D eigenvalue weighted by molar-refractivity contribution is 6.35. The maximum atomic E-state index is 13.4. The van der Waals surface area contributed by atoms with E-state index in [1.807, 2.05) is 19.9 Å². The van der Waals surface area contributed by atoms with Crippen LogP contribution >= 0.6 is 11.6 Å². The van der Waals surface area contributed by atoms with Gasteiger partial charge in [0.25, 0.3) is 5.91 Å². The van der Waals surface area contributed by atoms with E-state index < -0.39 is 5.54 Å². The molecule has 1 N–H and O–H groups in total. The van der Waals surface area contributed by atoms with Gasteiger partial charge in [-0.1, -0.05) is 17.7 Å². The quantitative estimate of drug-likeness (QED) is 0.727. The minimum Gasteiger partial charge on any atom is -0.509 e. The highest BCUT2D eigenvalue weighted by Crippen LogP contribution is 2.47. The van der Waals surface area contributed by atoms with Crippen LogP contribution < -0.4 is 0 Å². The third-order valence-electron chi connectivity index (χ3n) is 5.46. The van der Waals surface area contributed by atoms with E-state index in [1.54, 1.807) is 25.3 Å². The molecule has 2 heterocycles. The van der Waals surface area contributed by atoms with Crippen molar-refractivity contribution in [1.29, 1.82) is 0 Å². The van der Waals surface area contributed by atoms with Crippen molar-refractivity contribution >= 4 is 23.1 Å². The summed E-state index contributed by atoms with van der Waals surface area (Å²) in [5.41, 5.74) is 1.67. The van der Waals surface area contributed by atoms with Gasteiger partial charge in [0.1, 0.15) is 11.3 Å². The number of hydrogen-bond acceptors (Lipinski definition) is 6. The number of benzene rings is 1. The highest BCUT2D eigenvalue weighted by Gasteiger charge is 2.55. The van der Waals surface area contributed by atoms with Crippen molar-refractivity contribution < 1.29 is 24.3 Å². The van der Waals surface area contributed by atoms with Gasteiger partial charge in [0.05, 0.1) is 25.9 Å². The number of hydroxylamine groups is 4. The molecule has 1 saturated heterocycles. The molecule has 1 aromatic rings. The van der Waals surface area contributed by atoms with Gasteiger partial charge in [-0.3, -0.25) is 9.63 Å². The summed E-state index contributed by atoms with van der Waals surface area (Å²) in [6.45, 7) is 5.49. The Morgan fingerprint density at radius 2 is 1.86 bits per heavy atom. The van der Waals surface area contributed by atoms with Crippen LogP contribution in [0.15, 0.2) is 17.9 Å².